The van der Waals surface area contributed by atoms with Crippen molar-refractivity contribution in [1.82, 2.24) is 10.2 Å². The number of amidine groups is 1. The topological polar surface area (TPSA) is 117 Å². The van der Waals surface area contributed by atoms with Crippen molar-refractivity contribution in [3.63, 3.8) is 0 Å². The molecule has 0 fully saturated rings. The van der Waals surface area contributed by atoms with E-state index in [1.54, 1.807) is 18.9 Å². The maximum Gasteiger partial charge on any atom is 0.174 e. The highest BCUT2D eigenvalue weighted by Gasteiger charge is 2.20. The van der Waals surface area contributed by atoms with Crippen LogP contribution in [0.3, 0.4) is 0 Å². The van der Waals surface area contributed by atoms with Gasteiger partial charge in [0.15, 0.2) is 11.7 Å². The summed E-state index contributed by atoms with van der Waals surface area (Å²) in [6.07, 6.45) is -0.673. The molecule has 1 aromatic rings. The van der Waals surface area contributed by atoms with E-state index in [2.05, 4.69) is 15.4 Å². The van der Waals surface area contributed by atoms with Crippen LogP contribution in [0, 0.1) is 13.8 Å². The Labute approximate surface area is 117 Å². The SMILES string of the molecule is COCC(O)CN(C)c1nnc(C)c(C)c1C(N)=NO. The number of hydrogen-bond donors (Lipinski definition) is 3. The van der Waals surface area contributed by atoms with Gasteiger partial charge in [-0.2, -0.15) is 5.10 Å². The molecule has 1 unspecified atom stereocenters. The first-order chi connectivity index (χ1) is 9.42. The Bertz CT molecular complexity index is 492. The number of anilines is 1. The van der Waals surface area contributed by atoms with Crippen LogP contribution in [0.15, 0.2) is 5.16 Å². The molecule has 1 rings (SSSR count). The first-order valence-corrected chi connectivity index (χ1v) is 6.12. The molecule has 112 valence electrons. The van der Waals surface area contributed by atoms with Gasteiger partial charge in [0.2, 0.25) is 0 Å². The molecule has 1 heterocycles. The number of nitrogens with zero attached hydrogens (tertiary/aromatic N) is 4. The highest BCUT2D eigenvalue weighted by molar-refractivity contribution is 6.02. The van der Waals surface area contributed by atoms with Crippen LogP contribution in [-0.4, -0.2) is 59.8 Å². The first-order valence-electron chi connectivity index (χ1n) is 6.12. The van der Waals surface area contributed by atoms with Gasteiger partial charge < -0.3 is 25.7 Å². The van der Waals surface area contributed by atoms with E-state index in [9.17, 15) is 5.11 Å². The lowest BCUT2D eigenvalue weighted by Crippen LogP contribution is -2.34. The van der Waals surface area contributed by atoms with E-state index in [0.29, 0.717) is 17.1 Å². The van der Waals surface area contributed by atoms with Gasteiger partial charge in [-0.3, -0.25) is 0 Å². The number of aromatic nitrogens is 2. The number of aliphatic hydroxyl groups is 1. The van der Waals surface area contributed by atoms with Crippen molar-refractivity contribution in [3.05, 3.63) is 16.8 Å². The van der Waals surface area contributed by atoms with Crippen LogP contribution in [0.1, 0.15) is 16.8 Å². The van der Waals surface area contributed by atoms with Gasteiger partial charge in [0.1, 0.15) is 0 Å². The second-order valence-electron chi connectivity index (χ2n) is 4.58. The molecule has 4 N–H and O–H groups in total. The van der Waals surface area contributed by atoms with E-state index in [4.69, 9.17) is 15.7 Å². The molecular formula is C12H21N5O3. The number of oxime groups is 1. The van der Waals surface area contributed by atoms with E-state index in [1.165, 1.54) is 7.11 Å². The minimum atomic E-state index is -0.673. The molecule has 0 aromatic carbocycles. The van der Waals surface area contributed by atoms with Crippen LogP contribution in [0.4, 0.5) is 5.82 Å². The van der Waals surface area contributed by atoms with Gasteiger partial charge >= 0.3 is 0 Å². The minimum absolute atomic E-state index is 0.0384. The van der Waals surface area contributed by atoms with Gasteiger partial charge in [0, 0.05) is 20.7 Å². The fourth-order valence-electron chi connectivity index (χ4n) is 1.87. The van der Waals surface area contributed by atoms with Crippen LogP contribution in [0.25, 0.3) is 0 Å². The lowest BCUT2D eigenvalue weighted by Gasteiger charge is -2.24. The predicted octanol–water partition coefficient (Wildman–Crippen LogP) is -0.369. The van der Waals surface area contributed by atoms with E-state index in [-0.39, 0.29) is 19.0 Å². The third kappa shape index (κ3) is 3.55. The van der Waals surface area contributed by atoms with Crippen LogP contribution < -0.4 is 10.6 Å². The fraction of sp³-hybridized carbons (Fsp3) is 0.583. The lowest BCUT2D eigenvalue weighted by atomic mass is 10.1. The second-order valence-corrected chi connectivity index (χ2v) is 4.58. The molecule has 8 nitrogen and oxygen atoms in total. The Kier molecular flexibility index (Phi) is 5.66. The Morgan fingerprint density at radius 2 is 2.10 bits per heavy atom. The van der Waals surface area contributed by atoms with Crippen molar-refractivity contribution >= 4 is 11.7 Å². The van der Waals surface area contributed by atoms with Gasteiger partial charge in [-0.1, -0.05) is 5.16 Å². The van der Waals surface area contributed by atoms with Crippen molar-refractivity contribution in [2.24, 2.45) is 10.9 Å². The van der Waals surface area contributed by atoms with E-state index >= 15 is 0 Å². The Balaban J connectivity index is 3.14. The third-order valence-corrected chi connectivity index (χ3v) is 3.01. The van der Waals surface area contributed by atoms with Crippen molar-refractivity contribution in [1.29, 1.82) is 0 Å². The monoisotopic (exact) mass is 283 g/mol. The average molecular weight is 283 g/mol. The fourth-order valence-corrected chi connectivity index (χ4v) is 1.87. The molecule has 0 saturated heterocycles. The number of methoxy groups -OCH3 is 1. The van der Waals surface area contributed by atoms with Gasteiger partial charge in [-0.15, -0.1) is 5.10 Å². The molecule has 0 aliphatic heterocycles. The lowest BCUT2D eigenvalue weighted by molar-refractivity contribution is 0.0694. The maximum atomic E-state index is 9.77. The number of nitrogens with two attached hydrogens (primary N) is 1. The average Bonchev–Trinajstić information content (AvgIpc) is 2.40. The Hall–Kier alpha value is -1.93. The van der Waals surface area contributed by atoms with Gasteiger partial charge in [-0.25, -0.2) is 0 Å². The summed E-state index contributed by atoms with van der Waals surface area (Å²) >= 11 is 0. The number of ether oxygens (including phenoxy) is 1. The zero-order chi connectivity index (χ0) is 15.3. The highest BCUT2D eigenvalue weighted by atomic mass is 16.5. The number of hydrogen-bond acceptors (Lipinski definition) is 7. The van der Waals surface area contributed by atoms with Gasteiger partial charge in [0.25, 0.3) is 0 Å². The number of aryl methyl sites for hydroxylation is 1. The van der Waals surface area contributed by atoms with E-state index in [0.717, 1.165) is 5.56 Å². The largest absolute Gasteiger partial charge is 0.409 e. The molecule has 0 bridgehead atoms. The van der Waals surface area contributed by atoms with Crippen molar-refractivity contribution in [2.45, 2.75) is 20.0 Å². The first kappa shape index (κ1) is 16.1. The second kappa shape index (κ2) is 7.01. The summed E-state index contributed by atoms with van der Waals surface area (Å²) in [6.45, 7) is 4.11. The number of rotatable bonds is 6. The summed E-state index contributed by atoms with van der Waals surface area (Å²) in [4.78, 5) is 1.69. The van der Waals surface area contributed by atoms with Crippen LogP contribution in [0.2, 0.25) is 0 Å². The highest BCUT2D eigenvalue weighted by Crippen LogP contribution is 2.21. The molecule has 0 aliphatic rings. The van der Waals surface area contributed by atoms with Gasteiger partial charge in [0.05, 0.1) is 24.0 Å². The predicted molar refractivity (Wildman–Crippen MR) is 75.2 cm³/mol. The number of aliphatic hydroxyl groups excluding tert-OH is 1. The Morgan fingerprint density at radius 3 is 2.65 bits per heavy atom. The summed E-state index contributed by atoms with van der Waals surface area (Å²) in [5, 5.41) is 29.8. The van der Waals surface area contributed by atoms with Gasteiger partial charge in [-0.05, 0) is 19.4 Å². The smallest absolute Gasteiger partial charge is 0.174 e. The minimum Gasteiger partial charge on any atom is -0.409 e. The van der Waals surface area contributed by atoms with E-state index < -0.39 is 6.10 Å². The zero-order valence-corrected chi connectivity index (χ0v) is 12.2. The van der Waals surface area contributed by atoms with Crippen molar-refractivity contribution < 1.29 is 15.1 Å². The molecular weight excluding hydrogens is 262 g/mol. The van der Waals surface area contributed by atoms with Crippen molar-refractivity contribution in [3.8, 4) is 0 Å². The molecule has 1 aromatic heterocycles. The van der Waals surface area contributed by atoms with Crippen molar-refractivity contribution in [2.75, 3.05) is 32.2 Å². The molecule has 0 amide bonds. The molecule has 0 spiro atoms. The summed E-state index contributed by atoms with van der Waals surface area (Å²) in [7, 11) is 3.26. The quantitative estimate of drug-likeness (QED) is 0.282. The van der Waals surface area contributed by atoms with Crippen LogP contribution >= 0.6 is 0 Å². The number of likely N-dealkylation sites (N-methyl/N-ethyl adjacent to an activating group) is 1. The molecule has 20 heavy (non-hydrogen) atoms. The molecule has 0 saturated carbocycles. The standard InChI is InChI=1S/C12H21N5O3/c1-7-8(2)14-15-12(10(7)11(13)16-19)17(3)5-9(18)6-20-4/h9,18-19H,5-6H2,1-4H3,(H2,13,16). The summed E-state index contributed by atoms with van der Waals surface area (Å²) in [5.74, 6) is 0.405. The van der Waals surface area contributed by atoms with E-state index in [1.807, 2.05) is 6.92 Å². The zero-order valence-electron chi connectivity index (χ0n) is 12.2. The Morgan fingerprint density at radius 1 is 1.45 bits per heavy atom. The third-order valence-electron chi connectivity index (χ3n) is 3.01. The summed E-state index contributed by atoms with van der Waals surface area (Å²) < 4.78 is 4.88. The normalized spacial score (nSPS) is 13.3. The molecule has 8 heteroatoms. The van der Waals surface area contributed by atoms with Crippen LogP contribution in [-0.2, 0) is 4.74 Å². The molecule has 0 radical (unpaired) electrons. The summed E-state index contributed by atoms with van der Waals surface area (Å²) in [5.41, 5.74) is 7.69. The molecule has 1 atom stereocenters. The van der Waals surface area contributed by atoms with Crippen LogP contribution in [0.5, 0.6) is 0 Å². The molecule has 0 aliphatic carbocycles. The maximum absolute atomic E-state index is 9.77. The summed E-state index contributed by atoms with van der Waals surface area (Å²) in [6, 6.07) is 0.